The second kappa shape index (κ2) is 5.13. The minimum atomic E-state index is -0.104. The van der Waals surface area contributed by atoms with Crippen molar-refractivity contribution in [2.75, 3.05) is 6.79 Å². The van der Waals surface area contributed by atoms with Gasteiger partial charge in [-0.25, -0.2) is 0 Å². The molecule has 0 spiro atoms. The zero-order chi connectivity index (χ0) is 16.1. The van der Waals surface area contributed by atoms with Crippen LogP contribution in [-0.2, 0) is 4.79 Å². The number of hydrogen-bond acceptors (Lipinski definition) is 4. The lowest BCUT2D eigenvalue weighted by atomic mass is 9.77. The molecule has 4 nitrogen and oxygen atoms in total. The van der Waals surface area contributed by atoms with E-state index in [0.717, 1.165) is 52.5 Å². The third-order valence-electron chi connectivity index (χ3n) is 4.89. The van der Waals surface area contributed by atoms with E-state index in [9.17, 15) is 4.79 Å². The minimum Gasteiger partial charge on any atom is -0.461 e. The van der Waals surface area contributed by atoms with Gasteiger partial charge in [-0.15, -0.1) is 0 Å². The first-order chi connectivity index (χ1) is 11.8. The first-order valence-electron chi connectivity index (χ1n) is 8.24. The fraction of sp³-hybridized carbons (Fsp3) is 0.250. The molecule has 4 heteroatoms. The van der Waals surface area contributed by atoms with Crippen molar-refractivity contribution in [1.82, 2.24) is 0 Å². The standard InChI is InChI=1S/C20H16O4/c21-14-5-3-7-17-20(14)19(13-4-1-2-6-15(13)24-17)12-8-9-16-18(10-12)23-11-22-16/h1-2,4,6,8-10,19H,3,5,7,11H2/t19-/m1/s1. The predicted octanol–water partition coefficient (Wildman–Crippen LogP) is 3.95. The molecule has 2 heterocycles. The van der Waals surface area contributed by atoms with Crippen LogP contribution in [0, 0.1) is 0 Å². The molecule has 0 radical (unpaired) electrons. The number of ketones is 1. The number of rotatable bonds is 1. The Balaban J connectivity index is 1.71. The van der Waals surface area contributed by atoms with Crippen LogP contribution >= 0.6 is 0 Å². The normalized spacial score (nSPS) is 21.2. The number of ether oxygens (including phenoxy) is 3. The summed E-state index contributed by atoms with van der Waals surface area (Å²) < 4.78 is 17.0. The van der Waals surface area contributed by atoms with Gasteiger partial charge >= 0.3 is 0 Å². The van der Waals surface area contributed by atoms with Crippen molar-refractivity contribution in [3.8, 4) is 17.2 Å². The van der Waals surface area contributed by atoms with E-state index < -0.39 is 0 Å². The fourth-order valence-electron chi connectivity index (χ4n) is 3.80. The van der Waals surface area contributed by atoms with Gasteiger partial charge in [0.15, 0.2) is 17.3 Å². The Morgan fingerprint density at radius 2 is 1.79 bits per heavy atom. The summed E-state index contributed by atoms with van der Waals surface area (Å²) in [7, 11) is 0. The second-order valence-electron chi connectivity index (χ2n) is 6.30. The number of benzene rings is 2. The summed E-state index contributed by atoms with van der Waals surface area (Å²) in [6.45, 7) is 0.246. The van der Waals surface area contributed by atoms with Gasteiger partial charge in [-0.05, 0) is 30.2 Å². The summed E-state index contributed by atoms with van der Waals surface area (Å²) in [4.78, 5) is 12.7. The van der Waals surface area contributed by atoms with Gasteiger partial charge < -0.3 is 14.2 Å². The van der Waals surface area contributed by atoms with E-state index in [1.54, 1.807) is 0 Å². The van der Waals surface area contributed by atoms with Crippen molar-refractivity contribution >= 4 is 5.78 Å². The number of allylic oxidation sites excluding steroid dienone is 2. The van der Waals surface area contributed by atoms with E-state index in [-0.39, 0.29) is 18.5 Å². The molecule has 1 aliphatic carbocycles. The topological polar surface area (TPSA) is 44.8 Å². The SMILES string of the molecule is O=C1CCCC2=C1[C@H](c1ccc3c(c1)OCO3)c1ccccc1O2. The zero-order valence-corrected chi connectivity index (χ0v) is 13.1. The molecule has 0 unspecified atom stereocenters. The molecule has 5 rings (SSSR count). The quantitative estimate of drug-likeness (QED) is 0.798. The van der Waals surface area contributed by atoms with Crippen molar-refractivity contribution in [2.45, 2.75) is 25.2 Å². The van der Waals surface area contributed by atoms with Crippen LogP contribution in [0.5, 0.6) is 17.2 Å². The Hall–Kier alpha value is -2.75. The first kappa shape index (κ1) is 13.7. The summed E-state index contributed by atoms with van der Waals surface area (Å²) in [6, 6.07) is 13.9. The number of hydrogen-bond donors (Lipinski definition) is 0. The highest BCUT2D eigenvalue weighted by atomic mass is 16.7. The third kappa shape index (κ3) is 1.96. The average molecular weight is 320 g/mol. The van der Waals surface area contributed by atoms with Crippen molar-refractivity contribution in [3.05, 3.63) is 64.9 Å². The van der Waals surface area contributed by atoms with Gasteiger partial charge in [0.2, 0.25) is 6.79 Å². The van der Waals surface area contributed by atoms with Crippen LogP contribution in [0.15, 0.2) is 53.8 Å². The molecule has 0 bridgehead atoms. The van der Waals surface area contributed by atoms with Crippen molar-refractivity contribution in [3.63, 3.8) is 0 Å². The van der Waals surface area contributed by atoms with Crippen molar-refractivity contribution in [2.24, 2.45) is 0 Å². The lowest BCUT2D eigenvalue weighted by molar-refractivity contribution is -0.116. The van der Waals surface area contributed by atoms with Gasteiger partial charge in [0.1, 0.15) is 11.5 Å². The van der Waals surface area contributed by atoms with Crippen molar-refractivity contribution in [1.29, 1.82) is 0 Å². The van der Waals surface area contributed by atoms with Gasteiger partial charge in [0.05, 0.1) is 0 Å². The van der Waals surface area contributed by atoms with E-state index in [1.165, 1.54) is 0 Å². The number of carbonyl (C=O) groups is 1. The molecule has 0 aromatic heterocycles. The highest BCUT2D eigenvalue weighted by Crippen LogP contribution is 2.48. The molecule has 0 saturated carbocycles. The Labute approximate surface area is 139 Å². The van der Waals surface area contributed by atoms with Gasteiger partial charge in [0.25, 0.3) is 0 Å². The minimum absolute atomic E-state index is 0.104. The number of fused-ring (bicyclic) bond motifs is 2. The predicted molar refractivity (Wildman–Crippen MR) is 87.4 cm³/mol. The molecule has 2 aromatic rings. The molecule has 1 atom stereocenters. The van der Waals surface area contributed by atoms with Crippen LogP contribution in [0.3, 0.4) is 0 Å². The Bertz CT molecular complexity index is 881. The Kier molecular flexibility index (Phi) is 2.92. The average Bonchev–Trinajstić information content (AvgIpc) is 3.08. The molecule has 0 amide bonds. The summed E-state index contributed by atoms with van der Waals surface area (Å²) in [5.74, 6) is 3.24. The lowest BCUT2D eigenvalue weighted by Gasteiger charge is -2.32. The lowest BCUT2D eigenvalue weighted by Crippen LogP contribution is -2.25. The highest BCUT2D eigenvalue weighted by molar-refractivity contribution is 5.99. The van der Waals surface area contributed by atoms with Crippen LogP contribution in [0.4, 0.5) is 0 Å². The molecular formula is C20H16O4. The van der Waals surface area contributed by atoms with Crippen molar-refractivity contribution < 1.29 is 19.0 Å². The van der Waals surface area contributed by atoms with Gasteiger partial charge in [0, 0.05) is 29.9 Å². The number of carbonyl (C=O) groups excluding carboxylic acids is 1. The van der Waals surface area contributed by atoms with Crippen LogP contribution in [0.1, 0.15) is 36.3 Å². The van der Waals surface area contributed by atoms with Gasteiger partial charge in [-0.2, -0.15) is 0 Å². The van der Waals surface area contributed by atoms with Gasteiger partial charge in [-0.3, -0.25) is 4.79 Å². The summed E-state index contributed by atoms with van der Waals surface area (Å²) in [6.07, 6.45) is 2.26. The molecule has 0 N–H and O–H groups in total. The molecular weight excluding hydrogens is 304 g/mol. The maximum Gasteiger partial charge on any atom is 0.231 e. The smallest absolute Gasteiger partial charge is 0.231 e. The maximum absolute atomic E-state index is 12.7. The Morgan fingerprint density at radius 3 is 2.75 bits per heavy atom. The molecule has 2 aromatic carbocycles. The van der Waals surface area contributed by atoms with E-state index >= 15 is 0 Å². The molecule has 0 fully saturated rings. The summed E-state index contributed by atoms with van der Waals surface area (Å²) in [5.41, 5.74) is 2.88. The van der Waals surface area contributed by atoms with Gasteiger partial charge in [-0.1, -0.05) is 24.3 Å². The Morgan fingerprint density at radius 1 is 0.917 bits per heavy atom. The zero-order valence-electron chi connectivity index (χ0n) is 13.1. The monoisotopic (exact) mass is 320 g/mol. The van der Waals surface area contributed by atoms with Crippen LogP contribution in [0.25, 0.3) is 0 Å². The van der Waals surface area contributed by atoms with Crippen LogP contribution in [0.2, 0.25) is 0 Å². The molecule has 2 aliphatic heterocycles. The highest BCUT2D eigenvalue weighted by Gasteiger charge is 2.36. The van der Waals surface area contributed by atoms with E-state index in [4.69, 9.17) is 14.2 Å². The molecule has 0 saturated heterocycles. The van der Waals surface area contributed by atoms with E-state index in [0.29, 0.717) is 6.42 Å². The fourth-order valence-corrected chi connectivity index (χ4v) is 3.80. The largest absolute Gasteiger partial charge is 0.461 e. The second-order valence-corrected chi connectivity index (χ2v) is 6.30. The maximum atomic E-state index is 12.7. The number of Topliss-reactive ketones (excluding diaryl/α,β-unsaturated/α-hetero) is 1. The summed E-state index contributed by atoms with van der Waals surface area (Å²) in [5, 5.41) is 0. The first-order valence-corrected chi connectivity index (χ1v) is 8.24. The summed E-state index contributed by atoms with van der Waals surface area (Å²) >= 11 is 0. The number of para-hydroxylation sites is 1. The van der Waals surface area contributed by atoms with E-state index in [1.807, 2.05) is 42.5 Å². The van der Waals surface area contributed by atoms with E-state index in [2.05, 4.69) is 0 Å². The van der Waals surface area contributed by atoms with Crippen LogP contribution in [-0.4, -0.2) is 12.6 Å². The molecule has 24 heavy (non-hydrogen) atoms. The molecule has 3 aliphatic rings. The van der Waals surface area contributed by atoms with Crippen LogP contribution < -0.4 is 14.2 Å². The molecule has 120 valence electrons. The third-order valence-corrected chi connectivity index (χ3v) is 4.89.